The van der Waals surface area contributed by atoms with Gasteiger partial charge in [-0.15, -0.1) is 10.2 Å². The van der Waals surface area contributed by atoms with E-state index in [9.17, 15) is 0 Å². The van der Waals surface area contributed by atoms with Crippen molar-refractivity contribution in [3.63, 3.8) is 0 Å². The maximum absolute atomic E-state index is 5.82. The van der Waals surface area contributed by atoms with Gasteiger partial charge in [0.25, 0.3) is 5.88 Å². The van der Waals surface area contributed by atoms with Crippen LogP contribution in [0.3, 0.4) is 0 Å². The largest absolute Gasteiger partial charge is 0.436 e. The van der Waals surface area contributed by atoms with E-state index in [4.69, 9.17) is 27.9 Å². The summed E-state index contributed by atoms with van der Waals surface area (Å²) in [7, 11) is 3.88. The van der Waals surface area contributed by atoms with E-state index in [1.165, 1.54) is 0 Å². The number of hydrogen-bond donors (Lipinski definition) is 0. The molecule has 0 unspecified atom stereocenters. The predicted octanol–water partition coefficient (Wildman–Crippen LogP) is 3.04. The summed E-state index contributed by atoms with van der Waals surface area (Å²) in [6, 6.07) is 7.47. The number of hydrogen-bond acceptors (Lipinski definition) is 5. The molecule has 0 bridgehead atoms. The first-order valence-electron chi connectivity index (χ1n) is 5.07. The molecule has 1 aromatic carbocycles. The van der Waals surface area contributed by atoms with E-state index in [1.807, 2.05) is 37.2 Å². The van der Waals surface area contributed by atoms with Crippen LogP contribution in [0.1, 0.15) is 0 Å². The first-order chi connectivity index (χ1) is 8.56. The molecular formula is C11H10Cl2N4O. The van der Waals surface area contributed by atoms with Crippen LogP contribution in [0.4, 0.5) is 5.69 Å². The fourth-order valence-electron chi connectivity index (χ4n) is 1.28. The lowest BCUT2D eigenvalue weighted by Crippen LogP contribution is -2.08. The summed E-state index contributed by atoms with van der Waals surface area (Å²) in [6.07, 6.45) is 0. The summed E-state index contributed by atoms with van der Waals surface area (Å²) < 4.78 is 5.52. The summed E-state index contributed by atoms with van der Waals surface area (Å²) in [6.45, 7) is 0. The summed E-state index contributed by atoms with van der Waals surface area (Å²) in [5.74, 6) is 0.729. The normalized spacial score (nSPS) is 10.2. The van der Waals surface area contributed by atoms with Gasteiger partial charge >= 0.3 is 0 Å². The Morgan fingerprint density at radius 1 is 1.17 bits per heavy atom. The lowest BCUT2D eigenvalue weighted by Gasteiger charge is -2.13. The second-order valence-electron chi connectivity index (χ2n) is 3.67. The number of ether oxygens (including phenoxy) is 1. The highest BCUT2D eigenvalue weighted by Gasteiger charge is 2.09. The molecule has 0 aliphatic heterocycles. The van der Waals surface area contributed by atoms with Crippen molar-refractivity contribution in [3.8, 4) is 11.6 Å². The van der Waals surface area contributed by atoms with Crippen molar-refractivity contribution in [2.75, 3.05) is 19.0 Å². The topological polar surface area (TPSA) is 51.1 Å². The maximum atomic E-state index is 5.82. The van der Waals surface area contributed by atoms with Crippen LogP contribution in [0.15, 0.2) is 24.3 Å². The van der Waals surface area contributed by atoms with E-state index in [0.717, 1.165) is 5.69 Å². The van der Waals surface area contributed by atoms with Crippen LogP contribution >= 0.6 is 23.2 Å². The molecule has 0 spiro atoms. The number of anilines is 1. The van der Waals surface area contributed by atoms with Gasteiger partial charge in [-0.25, -0.2) is 0 Å². The van der Waals surface area contributed by atoms with Crippen LogP contribution in [0.25, 0.3) is 0 Å². The molecule has 0 saturated carbocycles. The Labute approximate surface area is 114 Å². The Balaban J connectivity index is 2.28. The summed E-state index contributed by atoms with van der Waals surface area (Å²) in [4.78, 5) is 5.82. The van der Waals surface area contributed by atoms with Gasteiger partial charge in [-0.2, -0.15) is 4.98 Å². The van der Waals surface area contributed by atoms with Crippen LogP contribution in [0.5, 0.6) is 11.6 Å². The monoisotopic (exact) mass is 284 g/mol. The minimum atomic E-state index is -0.0156. The minimum Gasteiger partial charge on any atom is -0.436 e. The third-order valence-electron chi connectivity index (χ3n) is 2.14. The lowest BCUT2D eigenvalue weighted by molar-refractivity contribution is 0.457. The number of nitrogens with zero attached hydrogens (tertiary/aromatic N) is 4. The van der Waals surface area contributed by atoms with Gasteiger partial charge in [-0.3, -0.25) is 0 Å². The second-order valence-corrected chi connectivity index (χ2v) is 4.37. The summed E-state index contributed by atoms with van der Waals surface area (Å²) >= 11 is 11.5. The van der Waals surface area contributed by atoms with Gasteiger partial charge in [0.2, 0.25) is 10.4 Å². The van der Waals surface area contributed by atoms with Gasteiger partial charge in [0.05, 0.1) is 0 Å². The lowest BCUT2D eigenvalue weighted by atomic mass is 10.3. The molecule has 2 aromatic rings. The first-order valence-corrected chi connectivity index (χ1v) is 5.83. The van der Waals surface area contributed by atoms with Gasteiger partial charge in [-0.1, -0.05) is 17.7 Å². The third kappa shape index (κ3) is 3.00. The zero-order valence-electron chi connectivity index (χ0n) is 9.76. The fourth-order valence-corrected chi connectivity index (χ4v) is 1.52. The zero-order valence-corrected chi connectivity index (χ0v) is 11.3. The van der Waals surface area contributed by atoms with Crippen LogP contribution in [0.2, 0.25) is 10.4 Å². The fraction of sp³-hybridized carbons (Fsp3) is 0.182. The Bertz CT molecular complexity index is 562. The molecule has 0 aliphatic carbocycles. The second kappa shape index (κ2) is 5.37. The SMILES string of the molecule is CN(C)c1cccc(Oc2nc(Cl)nnc2Cl)c1. The highest BCUT2D eigenvalue weighted by molar-refractivity contribution is 6.31. The predicted molar refractivity (Wildman–Crippen MR) is 70.7 cm³/mol. The van der Waals surface area contributed by atoms with Gasteiger partial charge in [0.1, 0.15) is 5.75 Å². The van der Waals surface area contributed by atoms with Crippen LogP contribution in [-0.2, 0) is 0 Å². The van der Waals surface area contributed by atoms with Crippen LogP contribution in [-0.4, -0.2) is 29.3 Å². The average Bonchev–Trinajstić information content (AvgIpc) is 2.34. The molecule has 0 saturated heterocycles. The van der Waals surface area contributed by atoms with E-state index < -0.39 is 0 Å². The molecule has 0 aliphatic rings. The highest BCUT2D eigenvalue weighted by atomic mass is 35.5. The van der Waals surface area contributed by atoms with E-state index in [0.29, 0.717) is 5.75 Å². The van der Waals surface area contributed by atoms with Crippen molar-refractivity contribution in [1.29, 1.82) is 0 Å². The Hall–Kier alpha value is -1.59. The smallest absolute Gasteiger partial charge is 0.262 e. The molecule has 5 nitrogen and oxygen atoms in total. The molecule has 2 rings (SSSR count). The molecule has 0 N–H and O–H groups in total. The maximum Gasteiger partial charge on any atom is 0.262 e. The molecule has 0 radical (unpaired) electrons. The number of benzene rings is 1. The van der Waals surface area contributed by atoms with Crippen molar-refractivity contribution in [1.82, 2.24) is 15.2 Å². The van der Waals surface area contributed by atoms with Crippen molar-refractivity contribution >= 4 is 28.9 Å². The molecule has 18 heavy (non-hydrogen) atoms. The molecule has 0 atom stereocenters. The van der Waals surface area contributed by atoms with Crippen LogP contribution in [0, 0.1) is 0 Å². The van der Waals surface area contributed by atoms with Crippen LogP contribution < -0.4 is 9.64 Å². The molecule has 1 heterocycles. The number of halogens is 2. The van der Waals surface area contributed by atoms with E-state index in [2.05, 4.69) is 15.2 Å². The van der Waals surface area contributed by atoms with Crippen molar-refractivity contribution in [2.24, 2.45) is 0 Å². The third-order valence-corrected chi connectivity index (χ3v) is 2.54. The molecule has 1 aromatic heterocycles. The van der Waals surface area contributed by atoms with Crippen molar-refractivity contribution in [3.05, 3.63) is 34.7 Å². The molecule has 94 valence electrons. The Morgan fingerprint density at radius 2 is 1.94 bits per heavy atom. The van der Waals surface area contributed by atoms with E-state index in [1.54, 1.807) is 6.07 Å². The standard InChI is InChI=1S/C11H10Cl2N4O/c1-17(2)7-4-3-5-8(6-7)18-10-9(12)15-16-11(13)14-10/h3-6H,1-2H3. The van der Waals surface area contributed by atoms with Crippen molar-refractivity contribution < 1.29 is 4.74 Å². The van der Waals surface area contributed by atoms with Gasteiger partial charge in [0, 0.05) is 25.8 Å². The average molecular weight is 285 g/mol. The minimum absolute atomic E-state index is 0.0156. The number of rotatable bonds is 3. The zero-order chi connectivity index (χ0) is 13.1. The molecular weight excluding hydrogens is 275 g/mol. The molecule has 0 fully saturated rings. The molecule has 7 heteroatoms. The summed E-state index contributed by atoms with van der Waals surface area (Å²) in [5, 5.41) is 7.18. The van der Waals surface area contributed by atoms with Gasteiger partial charge in [-0.05, 0) is 23.7 Å². The van der Waals surface area contributed by atoms with E-state index >= 15 is 0 Å². The molecule has 0 amide bonds. The van der Waals surface area contributed by atoms with Gasteiger partial charge in [0.15, 0.2) is 0 Å². The number of aromatic nitrogens is 3. The van der Waals surface area contributed by atoms with E-state index in [-0.39, 0.29) is 16.3 Å². The summed E-state index contributed by atoms with van der Waals surface area (Å²) in [5.41, 5.74) is 0.997. The Kier molecular flexibility index (Phi) is 3.84. The Morgan fingerprint density at radius 3 is 2.67 bits per heavy atom. The van der Waals surface area contributed by atoms with Crippen molar-refractivity contribution in [2.45, 2.75) is 0 Å². The quantitative estimate of drug-likeness (QED) is 0.867. The first kappa shape index (κ1) is 12.9. The highest BCUT2D eigenvalue weighted by Crippen LogP contribution is 2.28. The van der Waals surface area contributed by atoms with Gasteiger partial charge < -0.3 is 9.64 Å².